The highest BCUT2D eigenvalue weighted by atomic mass is 19.1. The van der Waals surface area contributed by atoms with E-state index in [0.717, 1.165) is 11.1 Å². The lowest BCUT2D eigenvalue weighted by atomic mass is 10.2. The van der Waals surface area contributed by atoms with Crippen LogP contribution in [0.15, 0.2) is 91.1 Å². The van der Waals surface area contributed by atoms with Crippen LogP contribution in [0.1, 0.15) is 16.7 Å². The molecule has 0 atom stereocenters. The highest BCUT2D eigenvalue weighted by Crippen LogP contribution is 2.11. The molecule has 0 heterocycles. The van der Waals surface area contributed by atoms with Gasteiger partial charge in [0.2, 0.25) is 0 Å². The molecule has 1 N–H and O–H groups in total. The van der Waals surface area contributed by atoms with Crippen molar-refractivity contribution in [3.8, 4) is 0 Å². The summed E-state index contributed by atoms with van der Waals surface area (Å²) >= 11 is 0. The molecule has 0 saturated heterocycles. The number of rotatable bonds is 6. The van der Waals surface area contributed by atoms with Crippen molar-refractivity contribution in [3.05, 3.63) is 114 Å². The molecular formula is C23H21FN2O. The molecule has 0 unspecified atom stereocenters. The first-order chi connectivity index (χ1) is 13.2. The van der Waals surface area contributed by atoms with Crippen molar-refractivity contribution >= 4 is 12.1 Å². The maximum atomic E-state index is 13.7. The lowest BCUT2D eigenvalue weighted by molar-refractivity contribution is 0.196. The molecule has 0 aromatic heterocycles. The minimum atomic E-state index is -0.326. The van der Waals surface area contributed by atoms with Gasteiger partial charge in [0.15, 0.2) is 0 Å². The highest BCUT2D eigenvalue weighted by Gasteiger charge is 2.13. The molecule has 0 aliphatic carbocycles. The van der Waals surface area contributed by atoms with E-state index in [4.69, 9.17) is 0 Å². The van der Waals surface area contributed by atoms with Crippen LogP contribution in [0, 0.1) is 5.82 Å². The monoisotopic (exact) mass is 360 g/mol. The first-order valence-corrected chi connectivity index (χ1v) is 8.77. The zero-order chi connectivity index (χ0) is 18.9. The first kappa shape index (κ1) is 18.4. The van der Waals surface area contributed by atoms with Crippen LogP contribution in [0.2, 0.25) is 0 Å². The number of carbonyl (C=O) groups excluding carboxylic acids is 1. The lowest BCUT2D eigenvalue weighted by Gasteiger charge is -2.22. The summed E-state index contributed by atoms with van der Waals surface area (Å²) in [7, 11) is 0. The van der Waals surface area contributed by atoms with E-state index in [1.165, 1.54) is 12.3 Å². The number of benzene rings is 3. The van der Waals surface area contributed by atoms with Gasteiger partial charge in [0.1, 0.15) is 5.82 Å². The molecule has 0 bridgehead atoms. The van der Waals surface area contributed by atoms with Gasteiger partial charge in [-0.3, -0.25) is 0 Å². The molecule has 3 aromatic rings. The van der Waals surface area contributed by atoms with Crippen molar-refractivity contribution in [2.75, 3.05) is 0 Å². The van der Waals surface area contributed by atoms with E-state index in [1.807, 2.05) is 60.7 Å². The van der Waals surface area contributed by atoms with E-state index in [1.54, 1.807) is 29.2 Å². The van der Waals surface area contributed by atoms with Crippen LogP contribution in [0.3, 0.4) is 0 Å². The molecule has 3 aromatic carbocycles. The zero-order valence-electron chi connectivity index (χ0n) is 14.9. The molecule has 4 heteroatoms. The van der Waals surface area contributed by atoms with Gasteiger partial charge in [0.25, 0.3) is 0 Å². The third kappa shape index (κ3) is 5.54. The minimum Gasteiger partial charge on any atom is -0.316 e. The van der Waals surface area contributed by atoms with Crippen molar-refractivity contribution in [2.24, 2.45) is 0 Å². The summed E-state index contributed by atoms with van der Waals surface area (Å²) in [5, 5.41) is 2.74. The van der Waals surface area contributed by atoms with E-state index < -0.39 is 0 Å². The third-order valence-electron chi connectivity index (χ3n) is 4.09. The second-order valence-corrected chi connectivity index (χ2v) is 6.13. The zero-order valence-corrected chi connectivity index (χ0v) is 14.9. The molecule has 3 nitrogen and oxygen atoms in total. The average Bonchev–Trinajstić information content (AvgIpc) is 2.70. The van der Waals surface area contributed by atoms with Crippen LogP contribution in [0.5, 0.6) is 0 Å². The van der Waals surface area contributed by atoms with Crippen molar-refractivity contribution in [3.63, 3.8) is 0 Å². The molecule has 0 aliphatic rings. The average molecular weight is 360 g/mol. The second kappa shape index (κ2) is 9.34. The predicted molar refractivity (Wildman–Crippen MR) is 106 cm³/mol. The van der Waals surface area contributed by atoms with Crippen molar-refractivity contribution < 1.29 is 9.18 Å². The second-order valence-electron chi connectivity index (χ2n) is 6.13. The highest BCUT2D eigenvalue weighted by molar-refractivity contribution is 5.76. The van der Waals surface area contributed by atoms with Crippen LogP contribution in [-0.2, 0) is 13.1 Å². The van der Waals surface area contributed by atoms with Crippen molar-refractivity contribution in [2.45, 2.75) is 13.1 Å². The number of halogens is 1. The summed E-state index contributed by atoms with van der Waals surface area (Å²) in [4.78, 5) is 14.4. The molecule has 0 saturated carbocycles. The molecule has 136 valence electrons. The number of carbonyl (C=O) groups is 1. The summed E-state index contributed by atoms with van der Waals surface area (Å²) in [6.07, 6.45) is 3.03. The van der Waals surface area contributed by atoms with Gasteiger partial charge in [-0.1, -0.05) is 78.9 Å². The molecule has 0 radical (unpaired) electrons. The fourth-order valence-electron chi connectivity index (χ4n) is 2.71. The number of amides is 2. The first-order valence-electron chi connectivity index (χ1n) is 8.77. The van der Waals surface area contributed by atoms with Crippen molar-refractivity contribution in [1.29, 1.82) is 0 Å². The van der Waals surface area contributed by atoms with Crippen LogP contribution in [-0.4, -0.2) is 10.9 Å². The van der Waals surface area contributed by atoms with Gasteiger partial charge in [-0.2, -0.15) is 0 Å². The molecule has 2 amide bonds. The summed E-state index contributed by atoms with van der Waals surface area (Å²) < 4.78 is 13.7. The Balaban J connectivity index is 1.70. The third-order valence-corrected chi connectivity index (χ3v) is 4.09. The fraction of sp³-hybridized carbons (Fsp3) is 0.0870. The molecule has 0 spiro atoms. The standard InChI is InChI=1S/C23H21FN2O/c24-22-14-8-7-13-21(22)15-16-25-23(27)26(17-19-9-3-1-4-10-19)18-20-11-5-2-6-12-20/h1-16H,17-18H2,(H,25,27)/b16-15+. The normalized spacial score (nSPS) is 10.7. The quantitative estimate of drug-likeness (QED) is 0.643. The lowest BCUT2D eigenvalue weighted by Crippen LogP contribution is -2.36. The fourth-order valence-corrected chi connectivity index (χ4v) is 2.71. The van der Waals surface area contributed by atoms with Crippen molar-refractivity contribution in [1.82, 2.24) is 10.2 Å². The molecule has 27 heavy (non-hydrogen) atoms. The van der Waals surface area contributed by atoms with E-state index in [-0.39, 0.29) is 11.8 Å². The summed E-state index contributed by atoms with van der Waals surface area (Å²) in [5.74, 6) is -0.326. The van der Waals surface area contributed by atoms with E-state index in [0.29, 0.717) is 18.7 Å². The van der Waals surface area contributed by atoms with Gasteiger partial charge in [0.05, 0.1) is 0 Å². The maximum Gasteiger partial charge on any atom is 0.321 e. The van der Waals surface area contributed by atoms with Gasteiger partial charge in [0, 0.05) is 24.9 Å². The Morgan fingerprint density at radius 2 is 1.33 bits per heavy atom. The Hall–Kier alpha value is -3.40. The van der Waals surface area contributed by atoms with Crippen LogP contribution in [0.25, 0.3) is 6.08 Å². The van der Waals surface area contributed by atoms with Gasteiger partial charge in [-0.15, -0.1) is 0 Å². The Bertz CT molecular complexity index is 853. The smallest absolute Gasteiger partial charge is 0.316 e. The molecule has 0 fully saturated rings. The Kier molecular flexibility index (Phi) is 6.36. The maximum absolute atomic E-state index is 13.7. The Morgan fingerprint density at radius 3 is 1.89 bits per heavy atom. The van der Waals surface area contributed by atoms with Crippen LogP contribution >= 0.6 is 0 Å². The number of nitrogens with one attached hydrogen (secondary N) is 1. The van der Waals surface area contributed by atoms with Crippen LogP contribution in [0.4, 0.5) is 9.18 Å². The minimum absolute atomic E-state index is 0.240. The van der Waals surface area contributed by atoms with Gasteiger partial charge < -0.3 is 10.2 Å². The van der Waals surface area contributed by atoms with E-state index in [2.05, 4.69) is 5.32 Å². The molecular weight excluding hydrogens is 339 g/mol. The largest absolute Gasteiger partial charge is 0.321 e. The van der Waals surface area contributed by atoms with Gasteiger partial charge in [-0.25, -0.2) is 9.18 Å². The topological polar surface area (TPSA) is 32.3 Å². The number of hydrogen-bond donors (Lipinski definition) is 1. The van der Waals surface area contributed by atoms with E-state index in [9.17, 15) is 9.18 Å². The molecule has 3 rings (SSSR count). The number of urea groups is 1. The van der Waals surface area contributed by atoms with Gasteiger partial charge >= 0.3 is 6.03 Å². The number of hydrogen-bond acceptors (Lipinski definition) is 1. The number of nitrogens with zero attached hydrogens (tertiary/aromatic N) is 1. The summed E-state index contributed by atoms with van der Waals surface area (Å²) in [6.45, 7) is 0.963. The van der Waals surface area contributed by atoms with E-state index >= 15 is 0 Å². The Labute approximate surface area is 158 Å². The molecule has 0 aliphatic heterocycles. The SMILES string of the molecule is O=C(N/C=C/c1ccccc1F)N(Cc1ccccc1)Cc1ccccc1. The van der Waals surface area contributed by atoms with Gasteiger partial charge in [-0.05, 0) is 23.3 Å². The summed E-state index contributed by atoms with van der Waals surface area (Å²) in [6, 6.07) is 25.8. The predicted octanol–water partition coefficient (Wildman–Crippen LogP) is 5.21. The van der Waals surface area contributed by atoms with Crippen LogP contribution < -0.4 is 5.32 Å². The summed E-state index contributed by atoms with van der Waals surface area (Å²) in [5.41, 5.74) is 2.51. The Morgan fingerprint density at radius 1 is 0.815 bits per heavy atom.